The van der Waals surface area contributed by atoms with Crippen LogP contribution in [0.5, 0.6) is 0 Å². The first-order chi connectivity index (χ1) is 12.7. The van der Waals surface area contributed by atoms with Crippen LogP contribution in [0.25, 0.3) is 0 Å². The topological polar surface area (TPSA) is 0 Å². The zero-order chi connectivity index (χ0) is 19.9. The van der Waals surface area contributed by atoms with E-state index >= 15 is 0 Å². The Morgan fingerprint density at radius 3 is 1.07 bits per heavy atom. The second-order valence-electron chi connectivity index (χ2n) is 8.07. The average molecular weight is 375 g/mol. The van der Waals surface area contributed by atoms with Gasteiger partial charge in [-0.25, -0.2) is 0 Å². The van der Waals surface area contributed by atoms with Crippen LogP contribution in [0.1, 0.15) is 44.5 Å². The molecule has 0 fully saturated rings. The van der Waals surface area contributed by atoms with E-state index in [0.29, 0.717) is 0 Å². The molecule has 0 aromatic heterocycles. The maximum absolute atomic E-state index is 2.35. The predicted molar refractivity (Wildman–Crippen MR) is 123 cm³/mol. The van der Waals surface area contributed by atoms with Gasteiger partial charge in [0.05, 0.1) is 0 Å². The molecule has 0 spiro atoms. The Balaban J connectivity index is 2.44. The van der Waals surface area contributed by atoms with Crippen LogP contribution in [-0.2, 0) is 0 Å². The van der Waals surface area contributed by atoms with Crippen molar-refractivity contribution in [1.82, 2.24) is 0 Å². The molecular formula is C26H31P. The summed E-state index contributed by atoms with van der Waals surface area (Å²) in [4.78, 5) is 0. The zero-order valence-corrected chi connectivity index (χ0v) is 18.9. The molecule has 0 aliphatic rings. The first-order valence-corrected chi connectivity index (χ1v) is 11.1. The Bertz CT molecular complexity index is 887. The van der Waals surface area contributed by atoms with E-state index in [-0.39, 0.29) is 0 Å². The Hall–Kier alpha value is -1.91. The summed E-state index contributed by atoms with van der Waals surface area (Å²) in [5.74, 6) is 0. The second-order valence-corrected chi connectivity index (χ2v) is 10.1. The van der Waals surface area contributed by atoms with Gasteiger partial charge in [-0.15, -0.1) is 0 Å². The first kappa shape index (κ1) is 19.8. The van der Waals surface area contributed by atoms with Crippen molar-refractivity contribution in [3.8, 4) is 0 Å². The third-order valence-electron chi connectivity index (χ3n) is 5.38. The molecule has 3 aromatic rings. The molecule has 3 aromatic carbocycles. The van der Waals surface area contributed by atoms with Crippen molar-refractivity contribution in [3.63, 3.8) is 0 Å². The lowest BCUT2D eigenvalue weighted by Gasteiger charge is -2.29. The summed E-state index contributed by atoms with van der Waals surface area (Å²) < 4.78 is 0. The van der Waals surface area contributed by atoms with Gasteiger partial charge in [-0.05, 0) is 113 Å². The molecule has 27 heavy (non-hydrogen) atoms. The molecule has 0 bridgehead atoms. The van der Waals surface area contributed by atoms with Gasteiger partial charge in [0.25, 0.3) is 0 Å². The van der Waals surface area contributed by atoms with Crippen molar-refractivity contribution in [3.05, 3.63) is 87.0 Å². The summed E-state index contributed by atoms with van der Waals surface area (Å²) in [6.07, 6.45) is 0. The van der Waals surface area contributed by atoms with Gasteiger partial charge < -0.3 is 0 Å². The molecule has 0 saturated heterocycles. The van der Waals surface area contributed by atoms with E-state index in [1.54, 1.807) is 0 Å². The van der Waals surface area contributed by atoms with Crippen LogP contribution in [0.3, 0.4) is 0 Å². The van der Waals surface area contributed by atoms with Crippen molar-refractivity contribution in [2.24, 2.45) is 0 Å². The van der Waals surface area contributed by atoms with Crippen LogP contribution in [-0.4, -0.2) is 0 Å². The van der Waals surface area contributed by atoms with Gasteiger partial charge in [-0.3, -0.25) is 0 Å². The van der Waals surface area contributed by atoms with Gasteiger partial charge in [0, 0.05) is 0 Å². The molecule has 1 heteroatoms. The monoisotopic (exact) mass is 374 g/mol. The van der Waals surface area contributed by atoms with E-state index in [2.05, 4.69) is 97.9 Å². The maximum atomic E-state index is 2.35. The van der Waals surface area contributed by atoms with E-state index in [9.17, 15) is 0 Å². The molecule has 0 aliphatic carbocycles. The van der Waals surface area contributed by atoms with Crippen LogP contribution in [0, 0.1) is 55.4 Å². The minimum Gasteiger partial charge on any atom is -0.0617 e. The van der Waals surface area contributed by atoms with Crippen molar-refractivity contribution < 1.29 is 0 Å². The van der Waals surface area contributed by atoms with Crippen LogP contribution < -0.4 is 15.9 Å². The summed E-state index contributed by atoms with van der Waals surface area (Å²) in [6.45, 7) is 18.1. The molecule has 0 nitrogen and oxygen atoms in total. The molecule has 0 saturated carbocycles. The highest BCUT2D eigenvalue weighted by molar-refractivity contribution is 7.80. The average Bonchev–Trinajstić information content (AvgIpc) is 2.52. The number of rotatable bonds is 3. The Morgan fingerprint density at radius 2 is 0.741 bits per heavy atom. The highest BCUT2D eigenvalue weighted by atomic mass is 31.1. The summed E-state index contributed by atoms with van der Waals surface area (Å²) >= 11 is 0. The van der Waals surface area contributed by atoms with Gasteiger partial charge in [-0.1, -0.05) is 53.6 Å². The number of hydrogen-bond donors (Lipinski definition) is 0. The third-order valence-corrected chi connectivity index (χ3v) is 8.84. The standard InChI is InChI=1S/C26H31P/c1-16-12-20(5)25(21(6)13-16)27(24-18(3)10-9-11-19(24)4)26-22(7)14-17(2)15-23(26)8/h9-15H,1-8H3. The molecule has 0 aliphatic heterocycles. The normalized spacial score (nSPS) is 11.3. The maximum Gasteiger partial charge on any atom is -0.00921 e. The summed E-state index contributed by atoms with van der Waals surface area (Å²) in [5.41, 5.74) is 11.2. The van der Waals surface area contributed by atoms with Crippen molar-refractivity contribution >= 4 is 23.8 Å². The van der Waals surface area contributed by atoms with E-state index in [1.807, 2.05) is 0 Å². The van der Waals surface area contributed by atoms with Crippen molar-refractivity contribution in [2.75, 3.05) is 0 Å². The Kier molecular flexibility index (Phi) is 5.59. The largest absolute Gasteiger partial charge is 0.0617 e. The summed E-state index contributed by atoms with van der Waals surface area (Å²) in [7, 11) is -0.596. The smallest absolute Gasteiger partial charge is 0.00921 e. The number of aryl methyl sites for hydroxylation is 8. The fraction of sp³-hybridized carbons (Fsp3) is 0.308. The quantitative estimate of drug-likeness (QED) is 0.500. The molecule has 0 N–H and O–H groups in total. The van der Waals surface area contributed by atoms with E-state index < -0.39 is 7.92 Å². The highest BCUT2D eigenvalue weighted by Crippen LogP contribution is 2.40. The number of benzene rings is 3. The SMILES string of the molecule is Cc1cc(C)c(P(c2c(C)cccc2C)c2c(C)cc(C)cc2C)c(C)c1. The minimum atomic E-state index is -0.596. The van der Waals surface area contributed by atoms with E-state index in [4.69, 9.17) is 0 Å². The molecule has 0 atom stereocenters. The minimum absolute atomic E-state index is 0.596. The summed E-state index contributed by atoms with van der Waals surface area (Å²) in [5, 5.41) is 4.59. The van der Waals surface area contributed by atoms with E-state index in [0.717, 1.165) is 0 Å². The lowest BCUT2D eigenvalue weighted by molar-refractivity contribution is 1.34. The fourth-order valence-electron chi connectivity index (χ4n) is 4.54. The molecule has 0 radical (unpaired) electrons. The van der Waals surface area contributed by atoms with Gasteiger partial charge in [0.15, 0.2) is 0 Å². The van der Waals surface area contributed by atoms with Crippen LogP contribution in [0.2, 0.25) is 0 Å². The van der Waals surface area contributed by atoms with E-state index in [1.165, 1.54) is 60.4 Å². The van der Waals surface area contributed by atoms with Crippen molar-refractivity contribution in [2.45, 2.75) is 55.4 Å². The van der Waals surface area contributed by atoms with Crippen molar-refractivity contribution in [1.29, 1.82) is 0 Å². The van der Waals surface area contributed by atoms with Gasteiger partial charge in [0.2, 0.25) is 0 Å². The van der Waals surface area contributed by atoms with Gasteiger partial charge in [0.1, 0.15) is 0 Å². The zero-order valence-electron chi connectivity index (χ0n) is 18.0. The van der Waals surface area contributed by atoms with Crippen LogP contribution >= 0.6 is 7.92 Å². The predicted octanol–water partition coefficient (Wildman–Crippen LogP) is 5.91. The lowest BCUT2D eigenvalue weighted by atomic mass is 10.1. The highest BCUT2D eigenvalue weighted by Gasteiger charge is 2.26. The van der Waals surface area contributed by atoms with Crippen LogP contribution in [0.15, 0.2) is 42.5 Å². The third kappa shape index (κ3) is 3.74. The number of hydrogen-bond acceptors (Lipinski definition) is 0. The van der Waals surface area contributed by atoms with Crippen LogP contribution in [0.4, 0.5) is 0 Å². The molecule has 0 heterocycles. The van der Waals surface area contributed by atoms with Gasteiger partial charge in [-0.2, -0.15) is 0 Å². The molecule has 0 unspecified atom stereocenters. The Morgan fingerprint density at radius 1 is 0.444 bits per heavy atom. The fourth-order valence-corrected chi connectivity index (χ4v) is 7.74. The lowest BCUT2D eigenvalue weighted by Crippen LogP contribution is -2.30. The molecular weight excluding hydrogens is 343 g/mol. The summed E-state index contributed by atoms with van der Waals surface area (Å²) in [6, 6.07) is 16.1. The molecule has 140 valence electrons. The first-order valence-electron chi connectivity index (χ1n) is 9.72. The Labute approximate surface area is 166 Å². The van der Waals surface area contributed by atoms with Gasteiger partial charge >= 0.3 is 0 Å². The molecule has 0 amide bonds. The second kappa shape index (κ2) is 7.61. The molecule has 3 rings (SSSR count).